The minimum Gasteiger partial charge on any atom is -0.310 e. The Hall–Kier alpha value is -9.76. The van der Waals surface area contributed by atoms with Crippen LogP contribution in [-0.2, 0) is 0 Å². The maximum Gasteiger partial charge on any atom is 0.0464 e. The van der Waals surface area contributed by atoms with Crippen LogP contribution in [0.15, 0.2) is 303 Å². The van der Waals surface area contributed by atoms with Gasteiger partial charge in [0.05, 0.1) is 0 Å². The van der Waals surface area contributed by atoms with Gasteiger partial charge in [0.2, 0.25) is 0 Å². The molecule has 0 saturated heterocycles. The van der Waals surface area contributed by atoms with Gasteiger partial charge in [0.1, 0.15) is 0 Å². The summed E-state index contributed by atoms with van der Waals surface area (Å²) in [6.07, 6.45) is 0. The number of aryl methyl sites for hydroxylation is 2. The molecule has 0 unspecified atom stereocenters. The summed E-state index contributed by atoms with van der Waals surface area (Å²) in [5.41, 5.74) is 25.9. The molecule has 0 saturated carbocycles. The van der Waals surface area contributed by atoms with Crippen molar-refractivity contribution in [3.8, 4) is 77.9 Å². The van der Waals surface area contributed by atoms with Crippen molar-refractivity contribution in [2.24, 2.45) is 0 Å². The van der Waals surface area contributed by atoms with Crippen LogP contribution >= 0.6 is 0 Å². The molecule has 12 aromatic carbocycles. The monoisotopic (exact) mass is 972 g/mol. The van der Waals surface area contributed by atoms with E-state index >= 15 is 0 Å². The van der Waals surface area contributed by atoms with Crippen molar-refractivity contribution in [3.63, 3.8) is 0 Å². The zero-order valence-corrected chi connectivity index (χ0v) is 42.8. The van der Waals surface area contributed by atoms with Gasteiger partial charge in [-0.25, -0.2) is 0 Å². The third-order valence-corrected chi connectivity index (χ3v) is 14.6. The largest absolute Gasteiger partial charge is 0.310 e. The predicted octanol–water partition coefficient (Wildman–Crippen LogP) is 20.9. The highest BCUT2D eigenvalue weighted by molar-refractivity contribution is 5.85. The molecule has 0 radical (unpaired) electrons. The summed E-state index contributed by atoms with van der Waals surface area (Å²) in [5, 5.41) is 0. The third-order valence-electron chi connectivity index (χ3n) is 14.6. The van der Waals surface area contributed by atoms with Crippen LogP contribution in [0.3, 0.4) is 0 Å². The Morgan fingerprint density at radius 2 is 0.355 bits per heavy atom. The molecule has 0 aliphatic heterocycles. The van der Waals surface area contributed by atoms with Gasteiger partial charge in [0, 0.05) is 34.1 Å². The molecular weight excluding hydrogens is 917 g/mol. The summed E-state index contributed by atoms with van der Waals surface area (Å²) < 4.78 is 0. The summed E-state index contributed by atoms with van der Waals surface area (Å²) in [6.45, 7) is 4.45. The highest BCUT2D eigenvalue weighted by Gasteiger charge is 2.18. The zero-order valence-electron chi connectivity index (χ0n) is 42.8. The molecule has 12 aromatic rings. The SMILES string of the molecule is Cc1cc(N(c2ccc(-c3ccccc3)cc2)c2ccc(-c3ccccc3)cc2)ccc1-c1ccc(-c2ccc(N(c3ccc(-c4ccccc4)cc3)c3ccc(-c4ccc(-c5ccccc5)cc4)cc3)cc2C)cc1. The van der Waals surface area contributed by atoms with Gasteiger partial charge in [-0.3, -0.25) is 0 Å². The standard InChI is InChI=1S/C74H56N2/c1-53-51-71(75(67-39-31-61(32-40-67)56-17-9-4-10-18-56)68-41-33-62(34-42-68)57-19-11-5-12-20-57)47-49-73(53)65-27-29-66(30-28-65)74-50-48-72(52-54(74)2)76(69-43-35-63(36-44-69)58-21-13-6-14-22-58)70-45-37-64(38-46-70)60-25-23-59(24-26-60)55-15-7-3-8-16-55/h3-52H,1-2H3. The first-order valence-corrected chi connectivity index (χ1v) is 26.1. The van der Waals surface area contributed by atoms with E-state index in [4.69, 9.17) is 0 Å². The summed E-state index contributed by atoms with van der Waals surface area (Å²) in [4.78, 5) is 4.72. The van der Waals surface area contributed by atoms with E-state index in [-0.39, 0.29) is 0 Å². The van der Waals surface area contributed by atoms with E-state index in [0.717, 1.165) is 34.1 Å². The van der Waals surface area contributed by atoms with Crippen LogP contribution in [0.4, 0.5) is 34.1 Å². The number of hydrogen-bond donors (Lipinski definition) is 0. The van der Waals surface area contributed by atoms with Crippen molar-refractivity contribution < 1.29 is 0 Å². The van der Waals surface area contributed by atoms with Crippen molar-refractivity contribution in [3.05, 3.63) is 314 Å². The van der Waals surface area contributed by atoms with Crippen molar-refractivity contribution >= 4 is 34.1 Å². The topological polar surface area (TPSA) is 6.48 Å². The minimum absolute atomic E-state index is 1.10. The van der Waals surface area contributed by atoms with Crippen LogP contribution in [0.5, 0.6) is 0 Å². The van der Waals surface area contributed by atoms with Gasteiger partial charge < -0.3 is 9.80 Å². The molecule has 2 nitrogen and oxygen atoms in total. The Balaban J connectivity index is 0.823. The molecule has 0 aromatic heterocycles. The first-order valence-electron chi connectivity index (χ1n) is 26.1. The molecule has 362 valence electrons. The molecule has 0 bridgehead atoms. The molecule has 0 atom stereocenters. The molecular formula is C74H56N2. The second-order valence-corrected chi connectivity index (χ2v) is 19.5. The Morgan fingerprint density at radius 1 is 0.171 bits per heavy atom. The average Bonchev–Trinajstić information content (AvgIpc) is 3.51. The molecule has 0 N–H and O–H groups in total. The first kappa shape index (κ1) is 47.3. The lowest BCUT2D eigenvalue weighted by atomic mass is 9.95. The fraction of sp³-hybridized carbons (Fsp3) is 0.0270. The lowest BCUT2D eigenvalue weighted by Gasteiger charge is -2.27. The number of hydrogen-bond acceptors (Lipinski definition) is 2. The summed E-state index contributed by atoms with van der Waals surface area (Å²) in [6, 6.07) is 110. The molecule has 2 heteroatoms. The number of benzene rings is 12. The molecule has 0 fully saturated rings. The van der Waals surface area contributed by atoms with Crippen molar-refractivity contribution in [1.29, 1.82) is 0 Å². The normalized spacial score (nSPS) is 11.0. The number of nitrogens with zero attached hydrogens (tertiary/aromatic N) is 2. The number of rotatable bonds is 13. The Bertz CT molecular complexity index is 3770. The Labute approximate surface area is 447 Å². The zero-order chi connectivity index (χ0) is 51.2. The van der Waals surface area contributed by atoms with E-state index in [1.807, 2.05) is 0 Å². The quantitative estimate of drug-likeness (QED) is 0.114. The molecule has 0 aliphatic rings. The van der Waals surface area contributed by atoms with Gasteiger partial charge in [-0.05, 0) is 176 Å². The molecule has 76 heavy (non-hydrogen) atoms. The lowest BCUT2D eigenvalue weighted by molar-refractivity contribution is 1.27. The van der Waals surface area contributed by atoms with Crippen LogP contribution < -0.4 is 9.80 Å². The van der Waals surface area contributed by atoms with Gasteiger partial charge in [0.25, 0.3) is 0 Å². The van der Waals surface area contributed by atoms with E-state index in [9.17, 15) is 0 Å². The van der Waals surface area contributed by atoms with E-state index in [0.29, 0.717) is 0 Å². The average molecular weight is 973 g/mol. The van der Waals surface area contributed by atoms with Gasteiger partial charge in [-0.15, -0.1) is 0 Å². The minimum atomic E-state index is 1.10. The Morgan fingerprint density at radius 3 is 0.579 bits per heavy atom. The summed E-state index contributed by atoms with van der Waals surface area (Å²) in [5.74, 6) is 0. The van der Waals surface area contributed by atoms with E-state index < -0.39 is 0 Å². The molecule has 0 spiro atoms. The molecule has 0 aliphatic carbocycles. The third kappa shape index (κ3) is 10.0. The molecule has 0 heterocycles. The predicted molar refractivity (Wildman–Crippen MR) is 323 cm³/mol. The van der Waals surface area contributed by atoms with Crippen LogP contribution in [-0.4, -0.2) is 0 Å². The molecule has 0 amide bonds. The maximum absolute atomic E-state index is 2.37. The van der Waals surface area contributed by atoms with Gasteiger partial charge in [0.15, 0.2) is 0 Å². The van der Waals surface area contributed by atoms with Gasteiger partial charge in [-0.1, -0.05) is 231 Å². The van der Waals surface area contributed by atoms with E-state index in [1.54, 1.807) is 0 Å². The maximum atomic E-state index is 2.37. The van der Waals surface area contributed by atoms with Crippen LogP contribution in [0.2, 0.25) is 0 Å². The summed E-state index contributed by atoms with van der Waals surface area (Å²) >= 11 is 0. The first-order chi connectivity index (χ1) is 37.5. The van der Waals surface area contributed by atoms with Crippen LogP contribution in [0, 0.1) is 13.8 Å². The van der Waals surface area contributed by atoms with Crippen LogP contribution in [0.1, 0.15) is 11.1 Å². The second kappa shape index (κ2) is 21.4. The summed E-state index contributed by atoms with van der Waals surface area (Å²) in [7, 11) is 0. The van der Waals surface area contributed by atoms with Crippen molar-refractivity contribution in [2.45, 2.75) is 13.8 Å². The molecule has 12 rings (SSSR count). The van der Waals surface area contributed by atoms with Crippen LogP contribution in [0.25, 0.3) is 77.9 Å². The second-order valence-electron chi connectivity index (χ2n) is 19.5. The smallest absolute Gasteiger partial charge is 0.0464 e. The van der Waals surface area contributed by atoms with Crippen molar-refractivity contribution in [1.82, 2.24) is 0 Å². The van der Waals surface area contributed by atoms with Gasteiger partial charge >= 0.3 is 0 Å². The van der Waals surface area contributed by atoms with Crippen molar-refractivity contribution in [2.75, 3.05) is 9.80 Å². The fourth-order valence-corrected chi connectivity index (χ4v) is 10.5. The fourth-order valence-electron chi connectivity index (χ4n) is 10.5. The Kier molecular flexibility index (Phi) is 13.3. The van der Waals surface area contributed by atoms with Gasteiger partial charge in [-0.2, -0.15) is 0 Å². The highest BCUT2D eigenvalue weighted by atomic mass is 15.1. The lowest BCUT2D eigenvalue weighted by Crippen LogP contribution is -2.10. The number of anilines is 6. The van der Waals surface area contributed by atoms with E-state index in [1.165, 1.54) is 89.0 Å². The highest BCUT2D eigenvalue weighted by Crippen LogP contribution is 2.42. The van der Waals surface area contributed by atoms with E-state index in [2.05, 4.69) is 327 Å².